The molecule has 33 heavy (non-hydrogen) atoms. The Morgan fingerprint density at radius 3 is 2.42 bits per heavy atom. The number of fused-ring (bicyclic) bond motifs is 1. The number of nitrogens with zero attached hydrogens (tertiary/aromatic N) is 4. The lowest BCUT2D eigenvalue weighted by Crippen LogP contribution is -2.54. The van der Waals surface area contributed by atoms with Crippen LogP contribution in [0.15, 0.2) is 54.6 Å². The van der Waals surface area contributed by atoms with Gasteiger partial charge in [-0.2, -0.15) is 5.10 Å². The van der Waals surface area contributed by atoms with Crippen molar-refractivity contribution in [2.24, 2.45) is 11.8 Å². The summed E-state index contributed by atoms with van der Waals surface area (Å²) in [6.45, 7) is 3.85. The summed E-state index contributed by atoms with van der Waals surface area (Å²) < 4.78 is 15.0. The highest BCUT2D eigenvalue weighted by Gasteiger charge is 2.50. The van der Waals surface area contributed by atoms with E-state index in [1.54, 1.807) is 9.58 Å². The van der Waals surface area contributed by atoms with Gasteiger partial charge in [-0.3, -0.25) is 9.59 Å². The van der Waals surface area contributed by atoms with Crippen LogP contribution < -0.4 is 0 Å². The molecule has 6 rings (SSSR count). The van der Waals surface area contributed by atoms with Crippen molar-refractivity contribution in [2.45, 2.75) is 25.8 Å². The molecular weight excluding hydrogens is 419 g/mol. The molecule has 2 fully saturated rings. The SMILES string of the molecule is Cc1nn(-c2ccccc2)c2c1C(C1CC1)N(CC1CN(C(=O)c3ccc(F)cc3)C1)C2=O. The van der Waals surface area contributed by atoms with Crippen LogP contribution in [0.3, 0.4) is 0 Å². The molecule has 6 nitrogen and oxygen atoms in total. The zero-order valence-electron chi connectivity index (χ0n) is 18.4. The minimum Gasteiger partial charge on any atom is -0.338 e. The van der Waals surface area contributed by atoms with Crippen molar-refractivity contribution < 1.29 is 14.0 Å². The number of aryl methyl sites for hydroxylation is 1. The van der Waals surface area contributed by atoms with Crippen molar-refractivity contribution in [1.82, 2.24) is 19.6 Å². The van der Waals surface area contributed by atoms with Crippen LogP contribution in [0.5, 0.6) is 0 Å². The molecule has 1 aromatic heterocycles. The van der Waals surface area contributed by atoms with Crippen LogP contribution in [-0.4, -0.2) is 51.0 Å². The lowest BCUT2D eigenvalue weighted by Gasteiger charge is -2.42. The van der Waals surface area contributed by atoms with Crippen molar-refractivity contribution in [1.29, 1.82) is 0 Å². The van der Waals surface area contributed by atoms with Gasteiger partial charge < -0.3 is 9.80 Å². The first-order valence-corrected chi connectivity index (χ1v) is 11.5. The number of carbonyl (C=O) groups excluding carboxylic acids is 2. The van der Waals surface area contributed by atoms with E-state index in [0.717, 1.165) is 29.8 Å². The lowest BCUT2D eigenvalue weighted by molar-refractivity contribution is 0.0337. The number of rotatable bonds is 5. The number of carbonyl (C=O) groups is 2. The average molecular weight is 445 g/mol. The number of amides is 2. The van der Waals surface area contributed by atoms with E-state index in [2.05, 4.69) is 0 Å². The monoisotopic (exact) mass is 444 g/mol. The van der Waals surface area contributed by atoms with E-state index in [4.69, 9.17) is 5.10 Å². The Morgan fingerprint density at radius 1 is 1.06 bits per heavy atom. The molecule has 3 aliphatic rings. The van der Waals surface area contributed by atoms with Crippen molar-refractivity contribution >= 4 is 11.8 Å². The summed E-state index contributed by atoms with van der Waals surface area (Å²) in [5, 5.41) is 4.73. The topological polar surface area (TPSA) is 58.4 Å². The predicted molar refractivity (Wildman–Crippen MR) is 121 cm³/mol. The molecule has 1 unspecified atom stereocenters. The van der Waals surface area contributed by atoms with E-state index in [0.29, 0.717) is 36.8 Å². The quantitative estimate of drug-likeness (QED) is 0.598. The molecule has 2 amide bonds. The van der Waals surface area contributed by atoms with Crippen molar-refractivity contribution in [3.05, 3.63) is 82.9 Å². The van der Waals surface area contributed by atoms with Crippen molar-refractivity contribution in [2.75, 3.05) is 19.6 Å². The number of benzene rings is 2. The second-order valence-corrected chi connectivity index (χ2v) is 9.42. The molecule has 1 saturated heterocycles. The molecule has 2 aromatic carbocycles. The second kappa shape index (κ2) is 7.54. The number of aromatic nitrogens is 2. The van der Waals surface area contributed by atoms with Gasteiger partial charge in [0.15, 0.2) is 0 Å². The Labute approximate surface area is 191 Å². The largest absolute Gasteiger partial charge is 0.338 e. The molecular formula is C26H25FN4O2. The summed E-state index contributed by atoms with van der Waals surface area (Å²) in [4.78, 5) is 30.1. The minimum atomic E-state index is -0.351. The van der Waals surface area contributed by atoms with Crippen LogP contribution in [0.25, 0.3) is 5.69 Å². The molecule has 0 spiro atoms. The number of para-hydroxylation sites is 1. The summed E-state index contributed by atoms with van der Waals surface area (Å²) in [7, 11) is 0. The highest BCUT2D eigenvalue weighted by molar-refractivity contribution is 5.99. The number of likely N-dealkylation sites (tertiary alicyclic amines) is 1. The normalized spacial score (nSPS) is 20.2. The predicted octanol–water partition coefficient (Wildman–Crippen LogP) is 4.00. The van der Waals surface area contributed by atoms with E-state index in [9.17, 15) is 14.0 Å². The van der Waals surface area contributed by atoms with Crippen LogP contribution in [0.2, 0.25) is 0 Å². The lowest BCUT2D eigenvalue weighted by atomic mass is 9.96. The van der Waals surface area contributed by atoms with Gasteiger partial charge in [0.1, 0.15) is 11.5 Å². The van der Waals surface area contributed by atoms with Gasteiger partial charge >= 0.3 is 0 Å². The molecule has 0 N–H and O–H groups in total. The van der Waals surface area contributed by atoms with Gasteiger partial charge in [0, 0.05) is 36.7 Å². The standard InChI is InChI=1S/C26H25FN4O2/c1-16-22-23(18-7-8-18)30(26(33)24(22)31(28-16)21-5-3-2-4-6-21)15-17-13-29(14-17)25(32)19-9-11-20(27)12-10-19/h2-6,9-12,17-18,23H,7-8,13-15H2,1H3. The number of halogens is 1. The minimum absolute atomic E-state index is 0.0367. The fourth-order valence-corrected chi connectivity index (χ4v) is 5.28. The van der Waals surface area contributed by atoms with E-state index >= 15 is 0 Å². The Bertz CT molecular complexity index is 1230. The fraction of sp³-hybridized carbons (Fsp3) is 0.346. The maximum atomic E-state index is 13.6. The van der Waals surface area contributed by atoms with Crippen LogP contribution in [0.4, 0.5) is 4.39 Å². The van der Waals surface area contributed by atoms with E-state index in [1.807, 2.05) is 42.2 Å². The van der Waals surface area contributed by atoms with E-state index < -0.39 is 0 Å². The van der Waals surface area contributed by atoms with E-state index in [1.165, 1.54) is 24.3 Å². The van der Waals surface area contributed by atoms with Crippen LogP contribution in [-0.2, 0) is 0 Å². The third-order valence-corrected chi connectivity index (χ3v) is 7.06. The Kier molecular flexibility index (Phi) is 4.60. The molecule has 0 radical (unpaired) electrons. The zero-order valence-corrected chi connectivity index (χ0v) is 18.4. The molecule has 7 heteroatoms. The highest BCUT2D eigenvalue weighted by Crippen LogP contribution is 2.51. The van der Waals surface area contributed by atoms with Gasteiger partial charge in [0.05, 0.1) is 17.4 Å². The van der Waals surface area contributed by atoms with Gasteiger partial charge in [0.2, 0.25) is 0 Å². The fourth-order valence-electron chi connectivity index (χ4n) is 5.28. The molecule has 3 heterocycles. The molecule has 168 valence electrons. The maximum Gasteiger partial charge on any atom is 0.273 e. The first-order chi connectivity index (χ1) is 16.0. The first kappa shape index (κ1) is 20.1. The Morgan fingerprint density at radius 2 is 1.76 bits per heavy atom. The molecule has 1 atom stereocenters. The van der Waals surface area contributed by atoms with E-state index in [-0.39, 0.29) is 29.6 Å². The third-order valence-electron chi connectivity index (χ3n) is 7.06. The molecule has 1 aliphatic carbocycles. The van der Waals surface area contributed by atoms with Gasteiger partial charge in [-0.05, 0) is 62.1 Å². The smallest absolute Gasteiger partial charge is 0.273 e. The summed E-state index contributed by atoms with van der Waals surface area (Å²) in [6, 6.07) is 15.5. The van der Waals surface area contributed by atoms with Crippen molar-refractivity contribution in [3.8, 4) is 5.69 Å². The Hall–Kier alpha value is -3.48. The molecule has 1 saturated carbocycles. The number of hydrogen-bond donors (Lipinski definition) is 0. The molecule has 0 bridgehead atoms. The summed E-state index contributed by atoms with van der Waals surface area (Å²) in [5.74, 6) is 0.322. The van der Waals surface area contributed by atoms with Gasteiger partial charge in [-0.25, -0.2) is 9.07 Å². The van der Waals surface area contributed by atoms with Gasteiger partial charge in [-0.1, -0.05) is 18.2 Å². The van der Waals surface area contributed by atoms with Gasteiger partial charge in [0.25, 0.3) is 11.8 Å². The van der Waals surface area contributed by atoms with Gasteiger partial charge in [-0.15, -0.1) is 0 Å². The van der Waals surface area contributed by atoms with Crippen LogP contribution in [0.1, 0.15) is 51.0 Å². The second-order valence-electron chi connectivity index (χ2n) is 9.42. The van der Waals surface area contributed by atoms with Crippen LogP contribution >= 0.6 is 0 Å². The van der Waals surface area contributed by atoms with Crippen LogP contribution in [0, 0.1) is 24.6 Å². The summed E-state index contributed by atoms with van der Waals surface area (Å²) >= 11 is 0. The average Bonchev–Trinajstić information content (AvgIpc) is 3.52. The highest BCUT2D eigenvalue weighted by atomic mass is 19.1. The zero-order chi connectivity index (χ0) is 22.7. The first-order valence-electron chi connectivity index (χ1n) is 11.5. The Balaban J connectivity index is 1.21. The third kappa shape index (κ3) is 3.34. The summed E-state index contributed by atoms with van der Waals surface area (Å²) in [6.07, 6.45) is 2.26. The molecule has 2 aliphatic heterocycles. The summed E-state index contributed by atoms with van der Waals surface area (Å²) in [5.41, 5.74) is 4.07. The maximum absolute atomic E-state index is 13.6. The van der Waals surface area contributed by atoms with Crippen molar-refractivity contribution in [3.63, 3.8) is 0 Å². The number of hydrogen-bond acceptors (Lipinski definition) is 3. The molecule has 3 aromatic rings.